The monoisotopic (exact) mass is 257 g/mol. The van der Waals surface area contributed by atoms with E-state index in [1.165, 1.54) is 6.42 Å². The van der Waals surface area contributed by atoms with Gasteiger partial charge in [0, 0.05) is 6.54 Å². The molecule has 0 aromatic heterocycles. The van der Waals surface area contributed by atoms with E-state index in [-0.39, 0.29) is 0 Å². The summed E-state index contributed by atoms with van der Waals surface area (Å²) in [6.45, 7) is 0.506. The number of carbonyl (C=O) groups excluding carboxylic acids is 1. The minimum absolute atomic E-state index is 0.417. The second-order valence-electron chi connectivity index (χ2n) is 4.56. The Bertz CT molecular complexity index is 451. The molecule has 0 fully saturated rings. The van der Waals surface area contributed by atoms with Crippen LogP contribution in [0, 0.1) is 5.92 Å². The molecular weight excluding hydrogens is 238 g/mol. The minimum atomic E-state index is -0.417. The predicted molar refractivity (Wildman–Crippen MR) is 76.1 cm³/mol. The molecule has 0 saturated heterocycles. The van der Waals surface area contributed by atoms with Gasteiger partial charge in [0.2, 0.25) is 0 Å². The topological polar surface area (TPSA) is 38.3 Å². The lowest BCUT2D eigenvalue weighted by Gasteiger charge is -2.12. The van der Waals surface area contributed by atoms with Gasteiger partial charge in [-0.05, 0) is 37.3 Å². The average molecular weight is 257 g/mol. The van der Waals surface area contributed by atoms with Gasteiger partial charge in [0.1, 0.15) is 5.75 Å². The zero-order chi connectivity index (χ0) is 13.3. The highest BCUT2D eigenvalue weighted by molar-refractivity contribution is 5.70. The Morgan fingerprint density at radius 3 is 2.89 bits per heavy atom. The summed E-state index contributed by atoms with van der Waals surface area (Å²) in [5.74, 6) is 1.17. The standard InChI is InChI=1S/C16H19NO2/c18-16(19-15-11-5-2-6-12-15)17-13-7-10-14-8-3-1-4-9-14/h1-3,5-7,10-12,14H,4,8-9,13H2,(H,17,18). The summed E-state index contributed by atoms with van der Waals surface area (Å²) < 4.78 is 5.11. The Morgan fingerprint density at radius 2 is 2.16 bits per heavy atom. The van der Waals surface area contributed by atoms with Crippen LogP contribution in [0.2, 0.25) is 0 Å². The van der Waals surface area contributed by atoms with E-state index in [0.29, 0.717) is 18.2 Å². The van der Waals surface area contributed by atoms with E-state index < -0.39 is 6.09 Å². The number of hydrogen-bond acceptors (Lipinski definition) is 2. The molecule has 19 heavy (non-hydrogen) atoms. The molecule has 1 amide bonds. The largest absolute Gasteiger partial charge is 0.412 e. The Balaban J connectivity index is 1.66. The smallest absolute Gasteiger partial charge is 0.410 e. The number of allylic oxidation sites excluding steroid dienone is 3. The number of benzene rings is 1. The van der Waals surface area contributed by atoms with Crippen molar-refractivity contribution in [3.63, 3.8) is 0 Å². The van der Waals surface area contributed by atoms with E-state index in [2.05, 4.69) is 23.5 Å². The van der Waals surface area contributed by atoms with Crippen LogP contribution in [-0.2, 0) is 0 Å². The van der Waals surface area contributed by atoms with Crippen LogP contribution in [0.3, 0.4) is 0 Å². The molecule has 1 aliphatic rings. The molecule has 1 aliphatic carbocycles. The third kappa shape index (κ3) is 5.00. The third-order valence-electron chi connectivity index (χ3n) is 3.04. The summed E-state index contributed by atoms with van der Waals surface area (Å²) in [6, 6.07) is 9.05. The van der Waals surface area contributed by atoms with Crippen molar-refractivity contribution < 1.29 is 9.53 Å². The van der Waals surface area contributed by atoms with Crippen molar-refractivity contribution in [2.75, 3.05) is 6.54 Å². The molecule has 0 spiro atoms. The molecule has 1 atom stereocenters. The fourth-order valence-electron chi connectivity index (χ4n) is 2.03. The van der Waals surface area contributed by atoms with Crippen molar-refractivity contribution in [2.24, 2.45) is 5.92 Å². The molecular formula is C16H19NO2. The van der Waals surface area contributed by atoms with Gasteiger partial charge in [0.15, 0.2) is 0 Å². The van der Waals surface area contributed by atoms with Crippen molar-refractivity contribution >= 4 is 6.09 Å². The Kier molecular flexibility index (Phi) is 5.23. The predicted octanol–water partition coefficient (Wildman–Crippen LogP) is 3.69. The molecule has 100 valence electrons. The van der Waals surface area contributed by atoms with Gasteiger partial charge in [-0.25, -0.2) is 4.79 Å². The van der Waals surface area contributed by atoms with Gasteiger partial charge in [-0.3, -0.25) is 0 Å². The maximum absolute atomic E-state index is 11.5. The number of nitrogens with one attached hydrogen (secondary N) is 1. The quantitative estimate of drug-likeness (QED) is 0.835. The number of rotatable bonds is 4. The summed E-state index contributed by atoms with van der Waals surface area (Å²) in [7, 11) is 0. The molecule has 0 saturated carbocycles. The van der Waals surface area contributed by atoms with E-state index >= 15 is 0 Å². The molecule has 2 rings (SSSR count). The first-order valence-corrected chi connectivity index (χ1v) is 6.67. The fraction of sp³-hybridized carbons (Fsp3) is 0.312. The number of carbonyl (C=O) groups is 1. The zero-order valence-electron chi connectivity index (χ0n) is 10.9. The normalized spacial score (nSPS) is 18.4. The second kappa shape index (κ2) is 7.41. The van der Waals surface area contributed by atoms with Crippen LogP contribution in [-0.4, -0.2) is 12.6 Å². The molecule has 3 nitrogen and oxygen atoms in total. The van der Waals surface area contributed by atoms with E-state index in [1.54, 1.807) is 12.1 Å². The van der Waals surface area contributed by atoms with Crippen molar-refractivity contribution in [1.82, 2.24) is 5.32 Å². The summed E-state index contributed by atoms with van der Waals surface area (Å²) in [6.07, 6.45) is 11.6. The molecule has 0 heterocycles. The molecule has 1 N–H and O–H groups in total. The van der Waals surface area contributed by atoms with Gasteiger partial charge < -0.3 is 10.1 Å². The van der Waals surface area contributed by atoms with Crippen LogP contribution in [0.5, 0.6) is 5.75 Å². The first kappa shape index (κ1) is 13.4. The van der Waals surface area contributed by atoms with E-state index in [1.807, 2.05) is 24.3 Å². The zero-order valence-corrected chi connectivity index (χ0v) is 10.9. The first-order valence-electron chi connectivity index (χ1n) is 6.67. The lowest BCUT2D eigenvalue weighted by Crippen LogP contribution is -2.26. The highest BCUT2D eigenvalue weighted by Crippen LogP contribution is 2.18. The Hall–Kier alpha value is -2.03. The van der Waals surface area contributed by atoms with Gasteiger partial charge in [-0.2, -0.15) is 0 Å². The van der Waals surface area contributed by atoms with Crippen LogP contribution in [0.25, 0.3) is 0 Å². The highest BCUT2D eigenvalue weighted by Gasteiger charge is 2.05. The van der Waals surface area contributed by atoms with E-state index in [0.717, 1.165) is 12.8 Å². The van der Waals surface area contributed by atoms with Crippen molar-refractivity contribution in [3.8, 4) is 5.75 Å². The average Bonchev–Trinajstić information content (AvgIpc) is 2.46. The third-order valence-corrected chi connectivity index (χ3v) is 3.04. The molecule has 0 bridgehead atoms. The van der Waals surface area contributed by atoms with Crippen LogP contribution in [0.15, 0.2) is 54.6 Å². The lowest BCUT2D eigenvalue weighted by atomic mass is 9.94. The van der Waals surface area contributed by atoms with Gasteiger partial charge >= 0.3 is 6.09 Å². The molecule has 0 radical (unpaired) electrons. The summed E-state index contributed by atoms with van der Waals surface area (Å²) >= 11 is 0. The number of ether oxygens (including phenoxy) is 1. The van der Waals surface area contributed by atoms with E-state index in [4.69, 9.17) is 4.74 Å². The summed E-state index contributed by atoms with van der Waals surface area (Å²) in [5, 5.41) is 2.70. The minimum Gasteiger partial charge on any atom is -0.410 e. The number of amides is 1. The lowest BCUT2D eigenvalue weighted by molar-refractivity contribution is 0.201. The van der Waals surface area contributed by atoms with Crippen molar-refractivity contribution in [3.05, 3.63) is 54.6 Å². The van der Waals surface area contributed by atoms with Crippen LogP contribution in [0.4, 0.5) is 4.79 Å². The summed E-state index contributed by atoms with van der Waals surface area (Å²) in [4.78, 5) is 11.5. The molecule has 0 aliphatic heterocycles. The number of para-hydroxylation sites is 1. The van der Waals surface area contributed by atoms with Crippen molar-refractivity contribution in [2.45, 2.75) is 19.3 Å². The first-order chi connectivity index (χ1) is 9.34. The molecule has 1 aromatic carbocycles. The van der Waals surface area contributed by atoms with Gasteiger partial charge in [0.25, 0.3) is 0 Å². The van der Waals surface area contributed by atoms with Crippen LogP contribution >= 0.6 is 0 Å². The van der Waals surface area contributed by atoms with Gasteiger partial charge in [-0.1, -0.05) is 42.5 Å². The maximum Gasteiger partial charge on any atom is 0.412 e. The number of hydrogen-bond donors (Lipinski definition) is 1. The van der Waals surface area contributed by atoms with Gasteiger partial charge in [-0.15, -0.1) is 0 Å². The van der Waals surface area contributed by atoms with Crippen LogP contribution in [0.1, 0.15) is 19.3 Å². The Morgan fingerprint density at radius 1 is 1.32 bits per heavy atom. The second-order valence-corrected chi connectivity index (χ2v) is 4.56. The summed E-state index contributed by atoms with van der Waals surface area (Å²) in [5.41, 5.74) is 0. The highest BCUT2D eigenvalue weighted by atomic mass is 16.5. The Labute approximate surface area is 114 Å². The molecule has 1 aromatic rings. The molecule has 1 unspecified atom stereocenters. The fourth-order valence-corrected chi connectivity index (χ4v) is 2.03. The van der Waals surface area contributed by atoms with E-state index in [9.17, 15) is 4.79 Å². The van der Waals surface area contributed by atoms with Gasteiger partial charge in [0.05, 0.1) is 0 Å². The van der Waals surface area contributed by atoms with Crippen LogP contribution < -0.4 is 10.1 Å². The maximum atomic E-state index is 11.5. The SMILES string of the molecule is O=C(NCC=CC1CC=CCC1)Oc1ccccc1. The van der Waals surface area contributed by atoms with Crippen molar-refractivity contribution in [1.29, 1.82) is 0 Å². The molecule has 3 heteroatoms.